The van der Waals surface area contributed by atoms with E-state index in [1.807, 2.05) is 71.6 Å². The number of nitrogens with one attached hydrogen (secondary N) is 2. The van der Waals surface area contributed by atoms with Crippen LogP contribution < -0.4 is 20.1 Å². The number of carbonyl (C=O) groups is 1. The number of aromatic nitrogens is 1. The lowest BCUT2D eigenvalue weighted by molar-refractivity contribution is 0.207. The van der Waals surface area contributed by atoms with Crippen molar-refractivity contribution in [1.82, 2.24) is 9.88 Å². The molecule has 2 aromatic carbocycles. The number of para-hydroxylation sites is 1. The van der Waals surface area contributed by atoms with E-state index in [1.165, 1.54) is 0 Å². The van der Waals surface area contributed by atoms with E-state index >= 15 is 0 Å². The molecule has 180 valence electrons. The van der Waals surface area contributed by atoms with Crippen LogP contribution in [0.2, 0.25) is 0 Å². The Labute approximate surface area is 202 Å². The summed E-state index contributed by atoms with van der Waals surface area (Å²) in [6.45, 7) is 2.04. The van der Waals surface area contributed by atoms with Gasteiger partial charge in [-0.3, -0.25) is 0 Å². The maximum atomic E-state index is 13.1. The minimum Gasteiger partial charge on any atom is -0.493 e. The quantitative estimate of drug-likeness (QED) is 0.314. The van der Waals surface area contributed by atoms with Crippen molar-refractivity contribution < 1.29 is 14.3 Å². The molecule has 0 atom stereocenters. The standard InChI is InChI=1S/C27H34N4O3/c1-33-24-16-15-22(20-25(24)34-2)21-31(27(32)30-23-12-6-5-7-13-23)19-11-4-3-9-17-28-26-14-8-10-18-29-26/h5-8,10,12-16,18,20H,3-4,9,11,17,19,21H2,1-2H3,(H,28,29)(H,30,32). The van der Waals surface area contributed by atoms with Crippen LogP contribution in [0.4, 0.5) is 16.3 Å². The number of ether oxygens (including phenoxy) is 2. The fourth-order valence-corrected chi connectivity index (χ4v) is 3.64. The van der Waals surface area contributed by atoms with Gasteiger partial charge in [-0.05, 0) is 54.8 Å². The zero-order chi connectivity index (χ0) is 24.0. The number of nitrogens with zero attached hydrogens (tertiary/aromatic N) is 2. The van der Waals surface area contributed by atoms with E-state index in [0.717, 1.165) is 49.3 Å². The molecule has 1 aromatic heterocycles. The Hall–Kier alpha value is -3.74. The van der Waals surface area contributed by atoms with Crippen molar-refractivity contribution in [2.45, 2.75) is 32.2 Å². The minimum absolute atomic E-state index is 0.113. The molecule has 0 aliphatic heterocycles. The maximum absolute atomic E-state index is 13.1. The fraction of sp³-hybridized carbons (Fsp3) is 0.333. The molecule has 7 nitrogen and oxygen atoms in total. The van der Waals surface area contributed by atoms with Crippen LogP contribution in [-0.4, -0.2) is 43.2 Å². The van der Waals surface area contributed by atoms with Crippen molar-refractivity contribution in [3.63, 3.8) is 0 Å². The molecule has 0 aliphatic carbocycles. The first-order chi connectivity index (χ1) is 16.7. The van der Waals surface area contributed by atoms with E-state index < -0.39 is 0 Å². The van der Waals surface area contributed by atoms with E-state index in [0.29, 0.717) is 24.6 Å². The Morgan fingerprint density at radius 2 is 1.65 bits per heavy atom. The molecule has 0 bridgehead atoms. The lowest BCUT2D eigenvalue weighted by Crippen LogP contribution is -2.35. The second-order valence-corrected chi connectivity index (χ2v) is 7.96. The van der Waals surface area contributed by atoms with Gasteiger partial charge in [0.2, 0.25) is 0 Å². The lowest BCUT2D eigenvalue weighted by atomic mass is 10.1. The summed E-state index contributed by atoms with van der Waals surface area (Å²) in [5, 5.41) is 6.34. The molecular formula is C27H34N4O3. The first kappa shape index (κ1) is 24.9. The van der Waals surface area contributed by atoms with Crippen LogP contribution in [-0.2, 0) is 6.54 Å². The summed E-state index contributed by atoms with van der Waals surface area (Å²) in [6, 6.07) is 21.0. The molecule has 0 fully saturated rings. The van der Waals surface area contributed by atoms with Crippen molar-refractivity contribution in [2.75, 3.05) is 37.9 Å². The average Bonchev–Trinajstić information content (AvgIpc) is 2.88. The Bertz CT molecular complexity index is 999. The average molecular weight is 463 g/mol. The van der Waals surface area contributed by atoms with Crippen molar-refractivity contribution >= 4 is 17.5 Å². The van der Waals surface area contributed by atoms with Crippen LogP contribution in [0, 0.1) is 0 Å². The van der Waals surface area contributed by atoms with E-state index in [2.05, 4.69) is 15.6 Å². The second kappa shape index (κ2) is 13.7. The van der Waals surface area contributed by atoms with Crippen LogP contribution in [0.5, 0.6) is 11.5 Å². The highest BCUT2D eigenvalue weighted by Crippen LogP contribution is 2.28. The van der Waals surface area contributed by atoms with Gasteiger partial charge in [0.1, 0.15) is 5.82 Å². The van der Waals surface area contributed by atoms with Crippen molar-refractivity contribution in [1.29, 1.82) is 0 Å². The predicted octanol–water partition coefficient (Wildman–Crippen LogP) is 5.81. The van der Waals surface area contributed by atoms with Gasteiger partial charge in [0.25, 0.3) is 0 Å². The highest BCUT2D eigenvalue weighted by atomic mass is 16.5. The summed E-state index contributed by atoms with van der Waals surface area (Å²) in [5.74, 6) is 2.23. The van der Waals surface area contributed by atoms with Gasteiger partial charge < -0.3 is 25.0 Å². The predicted molar refractivity (Wildman–Crippen MR) is 137 cm³/mol. The second-order valence-electron chi connectivity index (χ2n) is 7.96. The Kier molecular flexibility index (Phi) is 10.1. The third-order valence-electron chi connectivity index (χ3n) is 5.46. The molecule has 0 saturated carbocycles. The van der Waals surface area contributed by atoms with Gasteiger partial charge in [0.15, 0.2) is 11.5 Å². The topological polar surface area (TPSA) is 75.7 Å². The largest absolute Gasteiger partial charge is 0.493 e. The molecule has 2 N–H and O–H groups in total. The fourth-order valence-electron chi connectivity index (χ4n) is 3.64. The number of carbonyl (C=O) groups excluding carboxylic acids is 1. The van der Waals surface area contributed by atoms with Crippen LogP contribution in [0.3, 0.4) is 0 Å². The molecule has 34 heavy (non-hydrogen) atoms. The summed E-state index contributed by atoms with van der Waals surface area (Å²) in [7, 11) is 3.23. The van der Waals surface area contributed by atoms with Crippen LogP contribution in [0.15, 0.2) is 72.9 Å². The summed E-state index contributed by atoms with van der Waals surface area (Å²) in [5.41, 5.74) is 1.77. The van der Waals surface area contributed by atoms with Gasteiger partial charge in [-0.2, -0.15) is 0 Å². The highest BCUT2D eigenvalue weighted by molar-refractivity contribution is 5.89. The number of rotatable bonds is 13. The molecule has 7 heteroatoms. The number of amides is 2. The summed E-state index contributed by atoms with van der Waals surface area (Å²) < 4.78 is 10.8. The number of methoxy groups -OCH3 is 2. The van der Waals surface area contributed by atoms with Crippen LogP contribution in [0.1, 0.15) is 31.2 Å². The van der Waals surface area contributed by atoms with E-state index in [1.54, 1.807) is 20.4 Å². The highest BCUT2D eigenvalue weighted by Gasteiger charge is 2.15. The summed E-state index contributed by atoms with van der Waals surface area (Å²) >= 11 is 0. The van der Waals surface area contributed by atoms with E-state index in [-0.39, 0.29) is 6.03 Å². The van der Waals surface area contributed by atoms with Crippen LogP contribution in [0.25, 0.3) is 0 Å². The maximum Gasteiger partial charge on any atom is 0.322 e. The minimum atomic E-state index is -0.113. The molecule has 1 heterocycles. The molecule has 0 radical (unpaired) electrons. The Balaban J connectivity index is 1.52. The number of pyridine rings is 1. The third-order valence-corrected chi connectivity index (χ3v) is 5.46. The van der Waals surface area contributed by atoms with E-state index in [9.17, 15) is 4.79 Å². The molecule has 0 aliphatic rings. The molecule has 2 amide bonds. The zero-order valence-electron chi connectivity index (χ0n) is 20.0. The van der Waals surface area contributed by atoms with Gasteiger partial charge in [-0.15, -0.1) is 0 Å². The van der Waals surface area contributed by atoms with Gasteiger partial charge in [-0.25, -0.2) is 9.78 Å². The number of benzene rings is 2. The van der Waals surface area contributed by atoms with Crippen molar-refractivity contribution in [3.05, 3.63) is 78.5 Å². The zero-order valence-corrected chi connectivity index (χ0v) is 20.0. The van der Waals surface area contributed by atoms with Crippen molar-refractivity contribution in [3.8, 4) is 11.5 Å². The molecule has 3 rings (SSSR count). The number of hydrogen-bond acceptors (Lipinski definition) is 5. The van der Waals surface area contributed by atoms with E-state index in [4.69, 9.17) is 9.47 Å². The Morgan fingerprint density at radius 1 is 0.882 bits per heavy atom. The number of unbranched alkanes of at least 4 members (excludes halogenated alkanes) is 3. The first-order valence-electron chi connectivity index (χ1n) is 11.7. The number of anilines is 2. The SMILES string of the molecule is COc1ccc(CN(CCCCCCNc2ccccn2)C(=O)Nc2ccccc2)cc1OC. The number of hydrogen-bond donors (Lipinski definition) is 2. The third kappa shape index (κ3) is 7.99. The molecule has 3 aromatic rings. The monoisotopic (exact) mass is 462 g/mol. The summed E-state index contributed by atoms with van der Waals surface area (Å²) in [6.07, 6.45) is 5.91. The van der Waals surface area contributed by atoms with Gasteiger partial charge in [0, 0.05) is 31.5 Å². The number of urea groups is 1. The van der Waals surface area contributed by atoms with Gasteiger partial charge in [-0.1, -0.05) is 43.2 Å². The Morgan fingerprint density at radius 3 is 2.38 bits per heavy atom. The van der Waals surface area contributed by atoms with Gasteiger partial charge >= 0.3 is 6.03 Å². The normalized spacial score (nSPS) is 10.4. The lowest BCUT2D eigenvalue weighted by Gasteiger charge is -2.24. The van der Waals surface area contributed by atoms with Crippen molar-refractivity contribution in [2.24, 2.45) is 0 Å². The molecule has 0 unspecified atom stereocenters. The smallest absolute Gasteiger partial charge is 0.322 e. The molecule has 0 spiro atoms. The van der Waals surface area contributed by atoms with Gasteiger partial charge in [0.05, 0.1) is 14.2 Å². The van der Waals surface area contributed by atoms with Crippen LogP contribution >= 0.6 is 0 Å². The summed E-state index contributed by atoms with van der Waals surface area (Å²) in [4.78, 5) is 19.2. The molecular weight excluding hydrogens is 428 g/mol. The first-order valence-corrected chi connectivity index (χ1v) is 11.7. The molecule has 0 saturated heterocycles.